The van der Waals surface area contributed by atoms with Gasteiger partial charge >= 0.3 is 0 Å². The van der Waals surface area contributed by atoms with Gasteiger partial charge in [0.2, 0.25) is 0 Å². The molecule has 1 saturated heterocycles. The van der Waals surface area contributed by atoms with Crippen LogP contribution in [0.1, 0.15) is 24.0 Å². The summed E-state index contributed by atoms with van der Waals surface area (Å²) < 4.78 is 0. The van der Waals surface area contributed by atoms with E-state index in [2.05, 4.69) is 0 Å². The average Bonchev–Trinajstić information content (AvgIpc) is 2.98. The van der Waals surface area contributed by atoms with Gasteiger partial charge < -0.3 is 10.0 Å². The minimum Gasteiger partial charge on any atom is -0.396 e. The molecule has 1 atom stereocenters. The van der Waals surface area contributed by atoms with E-state index in [1.807, 2.05) is 36.1 Å². The molecule has 0 radical (unpaired) electrons. The van der Waals surface area contributed by atoms with Crippen LogP contribution in [0.5, 0.6) is 0 Å². The smallest absolute Gasteiger partial charge is 0.282 e. The summed E-state index contributed by atoms with van der Waals surface area (Å²) in [6, 6.07) is 12.2. The minimum absolute atomic E-state index is 0.0550. The number of aliphatic hydroxyl groups is 1. The largest absolute Gasteiger partial charge is 0.396 e. The van der Waals surface area contributed by atoms with Crippen molar-refractivity contribution >= 4 is 46.3 Å². The van der Waals surface area contributed by atoms with Gasteiger partial charge in [0.25, 0.3) is 11.8 Å². The summed E-state index contributed by atoms with van der Waals surface area (Å²) in [4.78, 5) is 30.1. The Bertz CT molecular complexity index is 1010. The molecule has 2 heterocycles. The fraction of sp³-hybridized carbons (Fsp3) is 0.304. The van der Waals surface area contributed by atoms with Crippen LogP contribution >= 0.6 is 23.2 Å². The highest BCUT2D eigenvalue weighted by atomic mass is 35.5. The zero-order valence-corrected chi connectivity index (χ0v) is 18.1. The number of aryl methyl sites for hydroxylation is 1. The van der Waals surface area contributed by atoms with Crippen LogP contribution in [-0.4, -0.2) is 41.5 Å². The van der Waals surface area contributed by atoms with Gasteiger partial charge in [0.1, 0.15) is 5.70 Å². The minimum atomic E-state index is -0.400. The van der Waals surface area contributed by atoms with Crippen LogP contribution < -0.4 is 4.90 Å². The van der Waals surface area contributed by atoms with Gasteiger partial charge in [-0.25, -0.2) is 4.90 Å². The van der Waals surface area contributed by atoms with Gasteiger partial charge in [0.15, 0.2) is 0 Å². The second-order valence-corrected chi connectivity index (χ2v) is 8.67. The van der Waals surface area contributed by atoms with Gasteiger partial charge in [0.05, 0.1) is 11.3 Å². The zero-order chi connectivity index (χ0) is 21.4. The number of rotatable bonds is 4. The maximum Gasteiger partial charge on any atom is 0.282 e. The van der Waals surface area contributed by atoms with Crippen LogP contribution in [0.4, 0.5) is 5.69 Å². The molecule has 2 aromatic carbocycles. The van der Waals surface area contributed by atoms with E-state index in [-0.39, 0.29) is 12.5 Å². The van der Waals surface area contributed by atoms with Crippen LogP contribution in [0.15, 0.2) is 48.2 Å². The van der Waals surface area contributed by atoms with Gasteiger partial charge in [-0.3, -0.25) is 9.59 Å². The van der Waals surface area contributed by atoms with Gasteiger partial charge in [0, 0.05) is 29.7 Å². The molecule has 4 rings (SSSR count). The molecule has 156 valence electrons. The Morgan fingerprint density at radius 2 is 1.70 bits per heavy atom. The number of carbonyl (C=O) groups excluding carboxylic acids is 2. The fourth-order valence-electron chi connectivity index (χ4n) is 4.11. The van der Waals surface area contributed by atoms with E-state index >= 15 is 0 Å². The van der Waals surface area contributed by atoms with Crippen molar-refractivity contribution in [2.45, 2.75) is 19.8 Å². The number of anilines is 1. The number of halogens is 2. The first-order valence-electron chi connectivity index (χ1n) is 9.91. The van der Waals surface area contributed by atoms with Crippen LogP contribution in [0.3, 0.4) is 0 Å². The Hall–Kier alpha value is -2.34. The van der Waals surface area contributed by atoms with Crippen LogP contribution in [0.25, 0.3) is 5.57 Å². The molecule has 5 nitrogen and oxygen atoms in total. The number of aliphatic hydroxyl groups excluding tert-OH is 1. The van der Waals surface area contributed by atoms with Crippen LogP contribution in [-0.2, 0) is 9.59 Å². The molecule has 0 saturated carbocycles. The third-order valence-corrected chi connectivity index (χ3v) is 6.04. The highest BCUT2D eigenvalue weighted by molar-refractivity contribution is 6.46. The second-order valence-electron chi connectivity index (χ2n) is 7.80. The standard InChI is InChI=1S/C23H22Cl2N2O3/c1-14-4-6-16(7-5-14)20-21(26-8-2-3-15(12-26)13-28)23(30)27(22(20)29)19-10-17(24)9-18(25)11-19/h4-7,9-11,15,28H,2-3,8,12-13H2,1H3. The van der Waals surface area contributed by atoms with E-state index in [9.17, 15) is 14.7 Å². The Morgan fingerprint density at radius 1 is 1.03 bits per heavy atom. The van der Waals surface area contributed by atoms with Gasteiger partial charge in [-0.2, -0.15) is 0 Å². The van der Waals surface area contributed by atoms with Crippen LogP contribution in [0, 0.1) is 12.8 Å². The first-order chi connectivity index (χ1) is 14.4. The molecule has 1 N–H and O–H groups in total. The zero-order valence-electron chi connectivity index (χ0n) is 16.6. The van der Waals surface area contributed by atoms with Crippen LogP contribution in [0.2, 0.25) is 10.0 Å². The number of hydrogen-bond donors (Lipinski definition) is 1. The SMILES string of the molecule is Cc1ccc(C2=C(N3CCCC(CO)C3)C(=O)N(c3cc(Cl)cc(Cl)c3)C2=O)cc1. The monoisotopic (exact) mass is 444 g/mol. The number of carbonyl (C=O) groups is 2. The van der Waals surface area contributed by atoms with Crippen molar-refractivity contribution in [2.24, 2.45) is 5.92 Å². The molecule has 0 bridgehead atoms. The molecule has 2 aliphatic rings. The predicted molar refractivity (Wildman–Crippen MR) is 118 cm³/mol. The summed E-state index contributed by atoms with van der Waals surface area (Å²) in [6.45, 7) is 3.21. The van der Waals surface area contributed by atoms with E-state index in [1.165, 1.54) is 0 Å². The van der Waals surface area contributed by atoms with Gasteiger partial charge in [-0.15, -0.1) is 0 Å². The molecule has 1 fully saturated rings. The Balaban J connectivity index is 1.83. The van der Waals surface area contributed by atoms with Gasteiger partial charge in [-0.05, 0) is 49.4 Å². The Labute approximate surface area is 185 Å². The maximum absolute atomic E-state index is 13.5. The van der Waals surface area contributed by atoms with Crippen molar-refractivity contribution in [3.63, 3.8) is 0 Å². The fourth-order valence-corrected chi connectivity index (χ4v) is 4.63. The molecular weight excluding hydrogens is 423 g/mol. The molecule has 30 heavy (non-hydrogen) atoms. The number of hydrogen-bond acceptors (Lipinski definition) is 4. The Morgan fingerprint density at radius 3 is 2.33 bits per heavy atom. The molecular formula is C23H22Cl2N2O3. The first-order valence-corrected chi connectivity index (χ1v) is 10.7. The highest BCUT2D eigenvalue weighted by Crippen LogP contribution is 2.38. The molecule has 0 aliphatic carbocycles. The number of piperidine rings is 1. The number of likely N-dealkylation sites (tertiary alicyclic amines) is 1. The molecule has 0 aromatic heterocycles. The Kier molecular flexibility index (Phi) is 5.87. The van der Waals surface area contributed by atoms with Crippen molar-refractivity contribution in [3.8, 4) is 0 Å². The molecule has 7 heteroatoms. The normalized spacial score (nSPS) is 19.8. The van der Waals surface area contributed by atoms with E-state index < -0.39 is 11.8 Å². The van der Waals surface area contributed by atoms with E-state index in [1.54, 1.807) is 18.2 Å². The van der Waals surface area contributed by atoms with Crippen molar-refractivity contribution in [2.75, 3.05) is 24.6 Å². The average molecular weight is 445 g/mol. The van der Waals surface area contributed by atoms with E-state index in [0.29, 0.717) is 45.7 Å². The molecule has 2 aromatic rings. The first kappa shape index (κ1) is 20.9. The summed E-state index contributed by atoms with van der Waals surface area (Å²) >= 11 is 12.3. The van der Waals surface area contributed by atoms with Crippen molar-refractivity contribution in [1.29, 1.82) is 0 Å². The lowest BCUT2D eigenvalue weighted by Crippen LogP contribution is -2.40. The maximum atomic E-state index is 13.5. The summed E-state index contributed by atoms with van der Waals surface area (Å²) in [5.41, 5.74) is 2.84. The molecule has 0 spiro atoms. The lowest BCUT2D eigenvalue weighted by molar-refractivity contribution is -0.120. The quantitative estimate of drug-likeness (QED) is 0.714. The summed E-state index contributed by atoms with van der Waals surface area (Å²) in [7, 11) is 0. The van der Waals surface area contributed by atoms with Gasteiger partial charge in [-0.1, -0.05) is 53.0 Å². The third-order valence-electron chi connectivity index (χ3n) is 5.60. The second kappa shape index (κ2) is 8.42. The summed E-state index contributed by atoms with van der Waals surface area (Å²) in [5.74, 6) is -0.723. The summed E-state index contributed by atoms with van der Waals surface area (Å²) in [6.07, 6.45) is 1.75. The predicted octanol–water partition coefficient (Wildman–Crippen LogP) is 4.29. The van der Waals surface area contributed by atoms with Crippen molar-refractivity contribution in [1.82, 2.24) is 4.90 Å². The van der Waals surface area contributed by atoms with Crippen molar-refractivity contribution in [3.05, 3.63) is 69.3 Å². The molecule has 2 amide bonds. The van der Waals surface area contributed by atoms with E-state index in [4.69, 9.17) is 23.2 Å². The topological polar surface area (TPSA) is 60.9 Å². The number of amides is 2. The van der Waals surface area contributed by atoms with E-state index in [0.717, 1.165) is 23.3 Å². The number of benzene rings is 2. The lowest BCUT2D eigenvalue weighted by atomic mass is 9.96. The highest BCUT2D eigenvalue weighted by Gasteiger charge is 2.43. The number of nitrogens with zero attached hydrogens (tertiary/aromatic N) is 2. The van der Waals surface area contributed by atoms with Crippen molar-refractivity contribution < 1.29 is 14.7 Å². The molecule has 2 aliphatic heterocycles. The molecule has 1 unspecified atom stereocenters. The number of imide groups is 1. The summed E-state index contributed by atoms with van der Waals surface area (Å²) in [5, 5.41) is 10.3. The third kappa shape index (κ3) is 3.85. The lowest BCUT2D eigenvalue weighted by Gasteiger charge is -2.34.